The van der Waals surface area contributed by atoms with Gasteiger partial charge in [0.05, 0.1) is 11.1 Å². The standard InChI is InChI=1S/C14H16ClNS/c1-9-6-10(2)8-11(7-9)13(16-3)14-12(15)4-5-17-14/h4-8,13,16H,1-3H3. The van der Waals surface area contributed by atoms with Gasteiger partial charge in [0.2, 0.25) is 0 Å². The van der Waals surface area contributed by atoms with E-state index >= 15 is 0 Å². The van der Waals surface area contributed by atoms with Crippen molar-refractivity contribution in [3.05, 3.63) is 56.2 Å². The minimum Gasteiger partial charge on any atom is -0.309 e. The second-order valence-corrected chi connectivity index (χ2v) is 5.63. The van der Waals surface area contributed by atoms with Crippen molar-refractivity contribution in [2.75, 3.05) is 7.05 Å². The van der Waals surface area contributed by atoms with Crippen LogP contribution in [0, 0.1) is 13.8 Å². The van der Waals surface area contributed by atoms with Crippen LogP contribution >= 0.6 is 22.9 Å². The first-order valence-corrected chi connectivity index (χ1v) is 6.86. The van der Waals surface area contributed by atoms with E-state index < -0.39 is 0 Å². The highest BCUT2D eigenvalue weighted by molar-refractivity contribution is 7.10. The lowest BCUT2D eigenvalue weighted by Gasteiger charge is -2.17. The third-order valence-corrected chi connectivity index (χ3v) is 4.20. The third-order valence-electron chi connectivity index (χ3n) is 2.77. The first-order chi connectivity index (χ1) is 8.11. The Kier molecular flexibility index (Phi) is 3.87. The molecule has 0 aliphatic carbocycles. The quantitative estimate of drug-likeness (QED) is 0.871. The Morgan fingerprint density at radius 2 is 1.82 bits per heavy atom. The van der Waals surface area contributed by atoms with Gasteiger partial charge in [-0.05, 0) is 37.9 Å². The Morgan fingerprint density at radius 1 is 1.18 bits per heavy atom. The Hall–Kier alpha value is -0.830. The highest BCUT2D eigenvalue weighted by atomic mass is 35.5. The molecule has 0 saturated carbocycles. The van der Waals surface area contributed by atoms with E-state index in [0.717, 1.165) is 5.02 Å². The molecule has 2 rings (SSSR count). The summed E-state index contributed by atoms with van der Waals surface area (Å²) in [6, 6.07) is 8.75. The lowest BCUT2D eigenvalue weighted by molar-refractivity contribution is 0.703. The molecule has 0 aliphatic heterocycles. The monoisotopic (exact) mass is 265 g/mol. The maximum Gasteiger partial charge on any atom is 0.0683 e. The molecule has 2 aromatic rings. The molecule has 1 heterocycles. The summed E-state index contributed by atoms with van der Waals surface area (Å²) < 4.78 is 0. The van der Waals surface area contributed by atoms with Gasteiger partial charge in [0.15, 0.2) is 0 Å². The minimum atomic E-state index is 0.182. The number of thiophene rings is 1. The molecule has 1 unspecified atom stereocenters. The number of halogens is 1. The molecule has 0 fully saturated rings. The van der Waals surface area contributed by atoms with Crippen molar-refractivity contribution >= 4 is 22.9 Å². The van der Waals surface area contributed by atoms with Gasteiger partial charge in [0.1, 0.15) is 0 Å². The number of aryl methyl sites for hydroxylation is 2. The van der Waals surface area contributed by atoms with Gasteiger partial charge >= 0.3 is 0 Å². The fourth-order valence-electron chi connectivity index (χ4n) is 2.14. The molecule has 1 N–H and O–H groups in total. The van der Waals surface area contributed by atoms with E-state index in [2.05, 4.69) is 37.4 Å². The van der Waals surface area contributed by atoms with Crippen LogP contribution in [-0.2, 0) is 0 Å². The summed E-state index contributed by atoms with van der Waals surface area (Å²) in [5.74, 6) is 0. The molecular formula is C14H16ClNS. The summed E-state index contributed by atoms with van der Waals surface area (Å²) in [4.78, 5) is 1.18. The van der Waals surface area contributed by atoms with Gasteiger partial charge in [-0.2, -0.15) is 0 Å². The van der Waals surface area contributed by atoms with E-state index in [4.69, 9.17) is 11.6 Å². The molecular weight excluding hydrogens is 250 g/mol. The molecule has 0 bridgehead atoms. The smallest absolute Gasteiger partial charge is 0.0683 e. The second kappa shape index (κ2) is 5.21. The Labute approximate surface area is 111 Å². The van der Waals surface area contributed by atoms with Crippen LogP contribution in [0.15, 0.2) is 29.6 Å². The first kappa shape index (κ1) is 12.6. The van der Waals surface area contributed by atoms with Crippen molar-refractivity contribution in [2.45, 2.75) is 19.9 Å². The van der Waals surface area contributed by atoms with Gasteiger partial charge in [-0.25, -0.2) is 0 Å². The second-order valence-electron chi connectivity index (χ2n) is 4.28. The van der Waals surface area contributed by atoms with Crippen LogP contribution in [0.2, 0.25) is 5.02 Å². The van der Waals surface area contributed by atoms with Crippen LogP contribution in [0.4, 0.5) is 0 Å². The highest BCUT2D eigenvalue weighted by Gasteiger charge is 2.16. The maximum absolute atomic E-state index is 6.21. The van der Waals surface area contributed by atoms with Crippen LogP contribution in [0.25, 0.3) is 0 Å². The van der Waals surface area contributed by atoms with E-state index in [1.165, 1.54) is 21.6 Å². The van der Waals surface area contributed by atoms with Crippen molar-refractivity contribution in [3.63, 3.8) is 0 Å². The fraction of sp³-hybridized carbons (Fsp3) is 0.286. The summed E-state index contributed by atoms with van der Waals surface area (Å²) >= 11 is 7.91. The molecule has 0 saturated heterocycles. The number of rotatable bonds is 3. The zero-order valence-corrected chi connectivity index (χ0v) is 11.8. The van der Waals surface area contributed by atoms with Crippen molar-refractivity contribution < 1.29 is 0 Å². The van der Waals surface area contributed by atoms with Crippen LogP contribution in [0.1, 0.15) is 27.6 Å². The number of hydrogen-bond donors (Lipinski definition) is 1. The molecule has 1 nitrogen and oxygen atoms in total. The zero-order valence-electron chi connectivity index (χ0n) is 10.3. The maximum atomic E-state index is 6.21. The van der Waals surface area contributed by atoms with Gasteiger partial charge in [-0.1, -0.05) is 40.9 Å². The summed E-state index contributed by atoms with van der Waals surface area (Å²) in [6.07, 6.45) is 0. The Bertz CT molecular complexity index is 498. The molecule has 1 atom stereocenters. The van der Waals surface area contributed by atoms with Crippen LogP contribution in [0.3, 0.4) is 0 Å². The van der Waals surface area contributed by atoms with E-state index in [9.17, 15) is 0 Å². The lowest BCUT2D eigenvalue weighted by atomic mass is 10.0. The topological polar surface area (TPSA) is 12.0 Å². The molecule has 0 radical (unpaired) electrons. The Balaban J connectivity index is 2.45. The SMILES string of the molecule is CNC(c1cc(C)cc(C)c1)c1sccc1Cl. The largest absolute Gasteiger partial charge is 0.309 e. The zero-order chi connectivity index (χ0) is 12.4. The van der Waals surface area contributed by atoms with Crippen LogP contribution in [-0.4, -0.2) is 7.05 Å². The molecule has 0 spiro atoms. The van der Waals surface area contributed by atoms with Crippen molar-refractivity contribution in [1.82, 2.24) is 5.32 Å². The van der Waals surface area contributed by atoms with E-state index in [0.29, 0.717) is 0 Å². The third kappa shape index (κ3) is 2.71. The normalized spacial score (nSPS) is 12.7. The molecule has 1 aromatic heterocycles. The number of nitrogens with one attached hydrogen (secondary N) is 1. The van der Waals surface area contributed by atoms with Gasteiger partial charge in [-0.15, -0.1) is 11.3 Å². The van der Waals surface area contributed by atoms with Crippen molar-refractivity contribution in [1.29, 1.82) is 0 Å². The van der Waals surface area contributed by atoms with Crippen LogP contribution in [0.5, 0.6) is 0 Å². The minimum absolute atomic E-state index is 0.182. The predicted octanol–water partition coefficient (Wildman–Crippen LogP) is 4.33. The summed E-state index contributed by atoms with van der Waals surface area (Å²) in [7, 11) is 1.97. The Morgan fingerprint density at radius 3 is 2.29 bits per heavy atom. The van der Waals surface area contributed by atoms with Crippen LogP contribution < -0.4 is 5.32 Å². The first-order valence-electron chi connectivity index (χ1n) is 5.60. The van der Waals surface area contributed by atoms with Gasteiger partial charge in [0.25, 0.3) is 0 Å². The lowest BCUT2D eigenvalue weighted by Crippen LogP contribution is -2.17. The van der Waals surface area contributed by atoms with Gasteiger partial charge in [0, 0.05) is 4.88 Å². The molecule has 0 amide bonds. The van der Waals surface area contributed by atoms with Gasteiger partial charge in [-0.3, -0.25) is 0 Å². The van der Waals surface area contributed by atoms with E-state index in [1.807, 2.05) is 18.5 Å². The summed E-state index contributed by atoms with van der Waals surface area (Å²) in [5.41, 5.74) is 3.84. The average Bonchev–Trinajstić information content (AvgIpc) is 2.65. The summed E-state index contributed by atoms with van der Waals surface area (Å²) in [6.45, 7) is 4.25. The van der Waals surface area contributed by atoms with Crippen molar-refractivity contribution in [2.24, 2.45) is 0 Å². The summed E-state index contributed by atoms with van der Waals surface area (Å²) in [5, 5.41) is 6.22. The van der Waals surface area contributed by atoms with Gasteiger partial charge < -0.3 is 5.32 Å². The molecule has 0 aliphatic rings. The van der Waals surface area contributed by atoms with E-state index in [-0.39, 0.29) is 6.04 Å². The van der Waals surface area contributed by atoms with Crippen molar-refractivity contribution in [3.8, 4) is 0 Å². The fourth-order valence-corrected chi connectivity index (χ4v) is 3.44. The molecule has 1 aromatic carbocycles. The highest BCUT2D eigenvalue weighted by Crippen LogP contribution is 2.33. The number of benzene rings is 1. The predicted molar refractivity (Wildman–Crippen MR) is 76.1 cm³/mol. The number of hydrogen-bond acceptors (Lipinski definition) is 2. The molecule has 17 heavy (non-hydrogen) atoms. The average molecular weight is 266 g/mol. The van der Waals surface area contributed by atoms with E-state index in [1.54, 1.807) is 11.3 Å². The molecule has 3 heteroatoms. The molecule has 90 valence electrons.